The second-order valence-electron chi connectivity index (χ2n) is 5.44. The molecule has 1 unspecified atom stereocenters. The van der Waals surface area contributed by atoms with E-state index in [1.807, 2.05) is 13.0 Å². The lowest BCUT2D eigenvalue weighted by Gasteiger charge is -2.34. The largest absolute Gasteiger partial charge is 0.361 e. The predicted octanol–water partition coefficient (Wildman–Crippen LogP) is 1.80. The van der Waals surface area contributed by atoms with E-state index >= 15 is 0 Å². The lowest BCUT2D eigenvalue weighted by Crippen LogP contribution is -2.50. The van der Waals surface area contributed by atoms with Gasteiger partial charge >= 0.3 is 0 Å². The summed E-state index contributed by atoms with van der Waals surface area (Å²) in [5.74, 6) is 1.65. The van der Waals surface area contributed by atoms with Crippen LogP contribution >= 0.6 is 0 Å². The Bertz CT molecular complexity index is 348. The van der Waals surface area contributed by atoms with E-state index in [4.69, 9.17) is 4.52 Å². The topological polar surface area (TPSA) is 41.3 Å². The van der Waals surface area contributed by atoms with Crippen LogP contribution in [0.4, 0.5) is 0 Å². The van der Waals surface area contributed by atoms with E-state index in [0.717, 1.165) is 43.6 Å². The van der Waals surface area contributed by atoms with Crippen molar-refractivity contribution in [2.75, 3.05) is 19.6 Å². The SMILES string of the molecule is Cc1cc(CN2CCNC(CC(C)C)C2)no1. The van der Waals surface area contributed by atoms with Crippen molar-refractivity contribution in [2.24, 2.45) is 5.92 Å². The van der Waals surface area contributed by atoms with E-state index in [-0.39, 0.29) is 0 Å². The minimum absolute atomic E-state index is 0.622. The highest BCUT2D eigenvalue weighted by Gasteiger charge is 2.20. The van der Waals surface area contributed by atoms with Gasteiger partial charge in [-0.25, -0.2) is 0 Å². The average molecular weight is 237 g/mol. The molecule has 0 aromatic carbocycles. The van der Waals surface area contributed by atoms with Crippen molar-refractivity contribution < 1.29 is 4.52 Å². The zero-order valence-corrected chi connectivity index (χ0v) is 11.1. The van der Waals surface area contributed by atoms with E-state index in [2.05, 4.69) is 29.2 Å². The van der Waals surface area contributed by atoms with Crippen molar-refractivity contribution in [1.82, 2.24) is 15.4 Å². The van der Waals surface area contributed by atoms with E-state index in [1.165, 1.54) is 6.42 Å². The molecule has 96 valence electrons. The monoisotopic (exact) mass is 237 g/mol. The Kier molecular flexibility index (Phi) is 4.18. The van der Waals surface area contributed by atoms with Crippen LogP contribution in [0.15, 0.2) is 10.6 Å². The van der Waals surface area contributed by atoms with Gasteiger partial charge in [0, 0.05) is 38.3 Å². The first-order chi connectivity index (χ1) is 8.13. The second kappa shape index (κ2) is 5.65. The van der Waals surface area contributed by atoms with Gasteiger partial charge in [-0.15, -0.1) is 0 Å². The summed E-state index contributed by atoms with van der Waals surface area (Å²) in [6.07, 6.45) is 1.24. The number of aromatic nitrogens is 1. The molecule has 4 heteroatoms. The molecule has 0 amide bonds. The highest BCUT2D eigenvalue weighted by molar-refractivity contribution is 5.03. The summed E-state index contributed by atoms with van der Waals surface area (Å²) in [6, 6.07) is 2.65. The van der Waals surface area contributed by atoms with Crippen LogP contribution in [0.5, 0.6) is 0 Å². The zero-order valence-electron chi connectivity index (χ0n) is 11.1. The quantitative estimate of drug-likeness (QED) is 0.867. The summed E-state index contributed by atoms with van der Waals surface area (Å²) < 4.78 is 5.11. The van der Waals surface area contributed by atoms with E-state index in [1.54, 1.807) is 0 Å². The molecule has 17 heavy (non-hydrogen) atoms. The summed E-state index contributed by atoms with van der Waals surface area (Å²) in [4.78, 5) is 2.46. The van der Waals surface area contributed by atoms with Crippen LogP contribution in [-0.2, 0) is 6.54 Å². The van der Waals surface area contributed by atoms with Gasteiger partial charge in [-0.2, -0.15) is 0 Å². The summed E-state index contributed by atoms with van der Waals surface area (Å²) in [6.45, 7) is 10.7. The maximum atomic E-state index is 5.11. The number of aryl methyl sites for hydroxylation is 1. The maximum absolute atomic E-state index is 5.11. The van der Waals surface area contributed by atoms with Crippen molar-refractivity contribution in [3.63, 3.8) is 0 Å². The standard InChI is InChI=1S/C13H23N3O/c1-10(2)6-12-8-16(5-4-14-12)9-13-7-11(3)17-15-13/h7,10,12,14H,4-6,8-9H2,1-3H3. The second-order valence-corrected chi connectivity index (χ2v) is 5.44. The van der Waals surface area contributed by atoms with Crippen molar-refractivity contribution >= 4 is 0 Å². The number of nitrogens with one attached hydrogen (secondary N) is 1. The molecule has 0 bridgehead atoms. The van der Waals surface area contributed by atoms with Gasteiger partial charge in [0.05, 0.1) is 5.69 Å². The van der Waals surface area contributed by atoms with Crippen LogP contribution in [0.1, 0.15) is 31.7 Å². The van der Waals surface area contributed by atoms with Gasteiger partial charge in [0.25, 0.3) is 0 Å². The first-order valence-electron chi connectivity index (χ1n) is 6.51. The molecule has 1 atom stereocenters. The summed E-state index contributed by atoms with van der Waals surface area (Å²) >= 11 is 0. The molecule has 1 fully saturated rings. The van der Waals surface area contributed by atoms with Crippen LogP contribution in [0, 0.1) is 12.8 Å². The first-order valence-corrected chi connectivity index (χ1v) is 6.51. The Balaban J connectivity index is 1.85. The summed E-state index contributed by atoms with van der Waals surface area (Å²) in [5, 5.41) is 7.64. The molecule has 2 rings (SSSR count). The molecule has 1 aliphatic heterocycles. The molecular weight excluding hydrogens is 214 g/mol. The fourth-order valence-electron chi connectivity index (χ4n) is 2.49. The highest BCUT2D eigenvalue weighted by atomic mass is 16.5. The smallest absolute Gasteiger partial charge is 0.133 e. The molecule has 1 aromatic heterocycles. The molecule has 0 spiro atoms. The molecule has 1 aromatic rings. The molecule has 0 saturated carbocycles. The summed E-state index contributed by atoms with van der Waals surface area (Å²) in [5.41, 5.74) is 1.05. The van der Waals surface area contributed by atoms with Crippen molar-refractivity contribution in [3.05, 3.63) is 17.5 Å². The Morgan fingerprint density at radius 1 is 1.59 bits per heavy atom. The molecule has 1 aliphatic rings. The van der Waals surface area contributed by atoms with E-state index in [9.17, 15) is 0 Å². The fraction of sp³-hybridized carbons (Fsp3) is 0.769. The minimum Gasteiger partial charge on any atom is -0.361 e. The fourth-order valence-corrected chi connectivity index (χ4v) is 2.49. The van der Waals surface area contributed by atoms with E-state index in [0.29, 0.717) is 6.04 Å². The van der Waals surface area contributed by atoms with Gasteiger partial charge in [0.15, 0.2) is 0 Å². The highest BCUT2D eigenvalue weighted by Crippen LogP contribution is 2.12. The Labute approximate surface area is 103 Å². The number of hydrogen-bond donors (Lipinski definition) is 1. The van der Waals surface area contributed by atoms with Crippen LogP contribution in [0.3, 0.4) is 0 Å². The van der Waals surface area contributed by atoms with Crippen LogP contribution in [-0.4, -0.2) is 35.7 Å². The van der Waals surface area contributed by atoms with Gasteiger partial charge in [0.2, 0.25) is 0 Å². The number of rotatable bonds is 4. The molecule has 1 N–H and O–H groups in total. The molecule has 4 nitrogen and oxygen atoms in total. The Morgan fingerprint density at radius 3 is 3.06 bits per heavy atom. The first kappa shape index (κ1) is 12.6. The van der Waals surface area contributed by atoms with Gasteiger partial charge < -0.3 is 9.84 Å². The van der Waals surface area contributed by atoms with Crippen LogP contribution < -0.4 is 5.32 Å². The van der Waals surface area contributed by atoms with Crippen molar-refractivity contribution in [2.45, 2.75) is 39.8 Å². The molecule has 1 saturated heterocycles. The lowest BCUT2D eigenvalue weighted by atomic mass is 10.0. The number of hydrogen-bond acceptors (Lipinski definition) is 4. The normalized spacial score (nSPS) is 22.2. The predicted molar refractivity (Wildman–Crippen MR) is 67.8 cm³/mol. The molecule has 0 aliphatic carbocycles. The van der Waals surface area contributed by atoms with Gasteiger partial charge in [-0.1, -0.05) is 19.0 Å². The molecule has 2 heterocycles. The Morgan fingerprint density at radius 2 is 2.41 bits per heavy atom. The third kappa shape index (κ3) is 3.82. The van der Waals surface area contributed by atoms with Crippen molar-refractivity contribution in [3.8, 4) is 0 Å². The minimum atomic E-state index is 0.622. The van der Waals surface area contributed by atoms with Crippen molar-refractivity contribution in [1.29, 1.82) is 0 Å². The Hall–Kier alpha value is -0.870. The molecular formula is C13H23N3O. The number of nitrogens with zero attached hydrogens (tertiary/aromatic N) is 2. The third-order valence-electron chi connectivity index (χ3n) is 3.16. The van der Waals surface area contributed by atoms with E-state index < -0.39 is 0 Å². The lowest BCUT2D eigenvalue weighted by molar-refractivity contribution is 0.176. The van der Waals surface area contributed by atoms with Gasteiger partial charge in [-0.3, -0.25) is 4.90 Å². The third-order valence-corrected chi connectivity index (χ3v) is 3.16. The average Bonchev–Trinajstić information content (AvgIpc) is 2.63. The maximum Gasteiger partial charge on any atom is 0.133 e. The zero-order chi connectivity index (χ0) is 12.3. The van der Waals surface area contributed by atoms with Crippen LogP contribution in [0.2, 0.25) is 0 Å². The molecule has 0 radical (unpaired) electrons. The van der Waals surface area contributed by atoms with Crippen LogP contribution in [0.25, 0.3) is 0 Å². The van der Waals surface area contributed by atoms with Gasteiger partial charge in [-0.05, 0) is 19.3 Å². The summed E-state index contributed by atoms with van der Waals surface area (Å²) in [7, 11) is 0. The number of piperazine rings is 1. The van der Waals surface area contributed by atoms with Gasteiger partial charge in [0.1, 0.15) is 5.76 Å².